The van der Waals surface area contributed by atoms with E-state index < -0.39 is 0 Å². The van der Waals surface area contributed by atoms with E-state index in [0.717, 1.165) is 12.8 Å². The van der Waals surface area contributed by atoms with Crippen molar-refractivity contribution in [2.45, 2.75) is 19.8 Å². The monoisotopic (exact) mass is 223 g/mol. The van der Waals surface area contributed by atoms with Gasteiger partial charge in [0.25, 0.3) is 0 Å². The van der Waals surface area contributed by atoms with Crippen molar-refractivity contribution in [3.05, 3.63) is 24.0 Å². The third-order valence-electron chi connectivity index (χ3n) is 2.92. The number of hydrogen-bond donors (Lipinski definition) is 1. The zero-order valence-electron chi connectivity index (χ0n) is 9.49. The molecule has 88 valence electrons. The normalized spacial score (nSPS) is 17.8. The summed E-state index contributed by atoms with van der Waals surface area (Å²) in [5, 5.41) is 0. The van der Waals surface area contributed by atoms with Crippen LogP contribution in [0.4, 0.5) is 0 Å². The lowest BCUT2D eigenvalue weighted by molar-refractivity contribution is -0.142. The van der Waals surface area contributed by atoms with Crippen molar-refractivity contribution in [3.63, 3.8) is 0 Å². The first-order valence-corrected chi connectivity index (χ1v) is 5.64. The summed E-state index contributed by atoms with van der Waals surface area (Å²) in [6.45, 7) is 4.00. The Hall–Kier alpha value is -1.29. The van der Waals surface area contributed by atoms with Gasteiger partial charge in [-0.25, -0.2) is 4.79 Å². The number of aromatic amines is 1. The Kier molecular flexibility index (Phi) is 3.29. The van der Waals surface area contributed by atoms with Crippen LogP contribution in [0.1, 0.15) is 30.3 Å². The third kappa shape index (κ3) is 2.27. The summed E-state index contributed by atoms with van der Waals surface area (Å²) < 4.78 is 10.5. The fourth-order valence-corrected chi connectivity index (χ4v) is 1.97. The predicted octanol–water partition coefficient (Wildman–Crippen LogP) is 1.99. The van der Waals surface area contributed by atoms with E-state index in [1.165, 1.54) is 0 Å². The van der Waals surface area contributed by atoms with Crippen molar-refractivity contribution in [3.8, 4) is 0 Å². The molecule has 0 amide bonds. The zero-order chi connectivity index (χ0) is 11.4. The number of esters is 1. The largest absolute Gasteiger partial charge is 0.460 e. The molecule has 0 aliphatic carbocycles. The molecule has 2 rings (SSSR count). The van der Waals surface area contributed by atoms with Crippen molar-refractivity contribution >= 4 is 5.97 Å². The van der Waals surface area contributed by atoms with E-state index in [9.17, 15) is 4.79 Å². The summed E-state index contributed by atoms with van der Waals surface area (Å²) in [5.41, 5.74) is 0.573. The van der Waals surface area contributed by atoms with Gasteiger partial charge < -0.3 is 14.5 Å². The van der Waals surface area contributed by atoms with Crippen LogP contribution in [0.15, 0.2) is 18.3 Å². The van der Waals surface area contributed by atoms with Crippen LogP contribution in [0.25, 0.3) is 0 Å². The minimum absolute atomic E-state index is 0.0665. The number of nitrogens with one attached hydrogen (secondary N) is 1. The molecule has 1 aromatic rings. The van der Waals surface area contributed by atoms with Crippen LogP contribution in [0.3, 0.4) is 0 Å². The Bertz CT molecular complexity index is 341. The molecule has 4 nitrogen and oxygen atoms in total. The van der Waals surface area contributed by atoms with E-state index in [1.54, 1.807) is 18.3 Å². The highest BCUT2D eigenvalue weighted by molar-refractivity contribution is 5.87. The quantitative estimate of drug-likeness (QED) is 0.777. The second-order valence-corrected chi connectivity index (χ2v) is 4.40. The van der Waals surface area contributed by atoms with Gasteiger partial charge >= 0.3 is 5.97 Å². The summed E-state index contributed by atoms with van der Waals surface area (Å²) in [6.07, 6.45) is 3.85. The maximum absolute atomic E-state index is 11.6. The predicted molar refractivity (Wildman–Crippen MR) is 59.2 cm³/mol. The first kappa shape index (κ1) is 11.2. The Morgan fingerprint density at radius 2 is 2.44 bits per heavy atom. The Balaban J connectivity index is 1.84. The van der Waals surface area contributed by atoms with Gasteiger partial charge in [-0.3, -0.25) is 0 Å². The Morgan fingerprint density at radius 3 is 2.94 bits per heavy atom. The average Bonchev–Trinajstić information content (AvgIpc) is 2.74. The molecule has 1 N–H and O–H groups in total. The van der Waals surface area contributed by atoms with E-state index in [2.05, 4.69) is 11.9 Å². The highest BCUT2D eigenvalue weighted by atomic mass is 16.5. The number of rotatable bonds is 5. The number of ether oxygens (including phenoxy) is 2. The zero-order valence-corrected chi connectivity index (χ0v) is 9.49. The molecule has 2 heterocycles. The average molecular weight is 223 g/mol. The topological polar surface area (TPSA) is 51.3 Å². The third-order valence-corrected chi connectivity index (χ3v) is 2.92. The van der Waals surface area contributed by atoms with Gasteiger partial charge in [-0.1, -0.05) is 13.3 Å². The molecule has 0 bridgehead atoms. The lowest BCUT2D eigenvalue weighted by atomic mass is 9.82. The SMILES string of the molecule is CCCC1(COC(=O)c2ccc[nH]2)COC1. The lowest BCUT2D eigenvalue weighted by Crippen LogP contribution is -2.46. The molecule has 0 aromatic carbocycles. The maximum Gasteiger partial charge on any atom is 0.354 e. The van der Waals surface area contributed by atoms with Crippen LogP contribution in [0.2, 0.25) is 0 Å². The highest BCUT2D eigenvalue weighted by Crippen LogP contribution is 2.33. The second kappa shape index (κ2) is 4.70. The standard InChI is InChI=1S/C12H17NO3/c1-2-5-12(7-15-8-12)9-16-11(14)10-4-3-6-13-10/h3-4,6,13H,2,5,7-9H2,1H3. The summed E-state index contributed by atoms with van der Waals surface area (Å²) in [4.78, 5) is 14.4. The van der Waals surface area contributed by atoms with Gasteiger partial charge in [-0.15, -0.1) is 0 Å². The minimum atomic E-state index is -0.285. The van der Waals surface area contributed by atoms with Crippen molar-refractivity contribution in [2.75, 3.05) is 19.8 Å². The molecule has 1 aliphatic rings. The van der Waals surface area contributed by atoms with Gasteiger partial charge in [0.2, 0.25) is 0 Å². The molecule has 0 radical (unpaired) electrons. The molecule has 1 fully saturated rings. The van der Waals surface area contributed by atoms with E-state index in [0.29, 0.717) is 25.5 Å². The number of carbonyl (C=O) groups excluding carboxylic acids is 1. The van der Waals surface area contributed by atoms with E-state index >= 15 is 0 Å². The second-order valence-electron chi connectivity index (χ2n) is 4.40. The molecule has 0 saturated carbocycles. The van der Waals surface area contributed by atoms with Gasteiger partial charge in [0, 0.05) is 6.20 Å². The Labute approximate surface area is 94.9 Å². The summed E-state index contributed by atoms with van der Waals surface area (Å²) in [6, 6.07) is 3.50. The molecule has 1 saturated heterocycles. The van der Waals surface area contributed by atoms with Crippen LogP contribution < -0.4 is 0 Å². The van der Waals surface area contributed by atoms with Crippen LogP contribution in [0, 0.1) is 5.41 Å². The van der Waals surface area contributed by atoms with Gasteiger partial charge in [0.15, 0.2) is 0 Å². The molecule has 0 unspecified atom stereocenters. The first-order chi connectivity index (χ1) is 7.76. The number of hydrogen-bond acceptors (Lipinski definition) is 3. The summed E-state index contributed by atoms with van der Waals surface area (Å²) in [5.74, 6) is -0.285. The number of carbonyl (C=O) groups is 1. The molecular weight excluding hydrogens is 206 g/mol. The minimum Gasteiger partial charge on any atom is -0.460 e. The van der Waals surface area contributed by atoms with Gasteiger partial charge in [0.05, 0.1) is 18.6 Å². The van der Waals surface area contributed by atoms with Crippen LogP contribution >= 0.6 is 0 Å². The van der Waals surface area contributed by atoms with E-state index in [4.69, 9.17) is 9.47 Å². The first-order valence-electron chi connectivity index (χ1n) is 5.64. The fraction of sp³-hybridized carbons (Fsp3) is 0.583. The van der Waals surface area contributed by atoms with Crippen molar-refractivity contribution in [1.82, 2.24) is 4.98 Å². The lowest BCUT2D eigenvalue weighted by Gasteiger charge is -2.40. The van der Waals surface area contributed by atoms with Crippen LogP contribution in [0.5, 0.6) is 0 Å². The fourth-order valence-electron chi connectivity index (χ4n) is 1.97. The van der Waals surface area contributed by atoms with Crippen LogP contribution in [-0.4, -0.2) is 30.8 Å². The van der Waals surface area contributed by atoms with E-state index in [-0.39, 0.29) is 11.4 Å². The molecule has 16 heavy (non-hydrogen) atoms. The number of H-pyrrole nitrogens is 1. The summed E-state index contributed by atoms with van der Waals surface area (Å²) in [7, 11) is 0. The van der Waals surface area contributed by atoms with Gasteiger partial charge in [-0.05, 0) is 18.6 Å². The van der Waals surface area contributed by atoms with Crippen molar-refractivity contribution in [2.24, 2.45) is 5.41 Å². The maximum atomic E-state index is 11.6. The number of aromatic nitrogens is 1. The van der Waals surface area contributed by atoms with E-state index in [1.807, 2.05) is 0 Å². The highest BCUT2D eigenvalue weighted by Gasteiger charge is 2.39. The molecule has 0 spiro atoms. The summed E-state index contributed by atoms with van der Waals surface area (Å²) >= 11 is 0. The van der Waals surface area contributed by atoms with Gasteiger partial charge in [0.1, 0.15) is 12.3 Å². The Morgan fingerprint density at radius 1 is 1.62 bits per heavy atom. The molecule has 1 aliphatic heterocycles. The molecule has 1 aromatic heterocycles. The van der Waals surface area contributed by atoms with Crippen LogP contribution in [-0.2, 0) is 9.47 Å². The molecular formula is C12H17NO3. The molecule has 4 heteroatoms. The molecule has 0 atom stereocenters. The van der Waals surface area contributed by atoms with Crippen molar-refractivity contribution in [1.29, 1.82) is 0 Å². The smallest absolute Gasteiger partial charge is 0.354 e. The van der Waals surface area contributed by atoms with Gasteiger partial charge in [-0.2, -0.15) is 0 Å². The van der Waals surface area contributed by atoms with Crippen molar-refractivity contribution < 1.29 is 14.3 Å².